The van der Waals surface area contributed by atoms with Crippen molar-refractivity contribution in [3.05, 3.63) is 35.0 Å². The number of ether oxygens (including phenoxy) is 1. The van der Waals surface area contributed by atoms with E-state index in [4.69, 9.17) is 4.74 Å². The zero-order valence-electron chi connectivity index (χ0n) is 8.98. The Labute approximate surface area is 90.2 Å². The molecular formula is C12H16NO2-. The minimum atomic E-state index is 0.246. The van der Waals surface area contributed by atoms with Crippen LogP contribution in [0.2, 0.25) is 0 Å². The van der Waals surface area contributed by atoms with Crippen LogP contribution in [0.3, 0.4) is 0 Å². The van der Waals surface area contributed by atoms with E-state index in [9.17, 15) is 5.21 Å². The van der Waals surface area contributed by atoms with E-state index in [0.29, 0.717) is 6.54 Å². The van der Waals surface area contributed by atoms with Crippen molar-refractivity contribution in [1.29, 1.82) is 0 Å². The van der Waals surface area contributed by atoms with Crippen molar-refractivity contribution in [2.75, 3.05) is 13.7 Å². The van der Waals surface area contributed by atoms with Gasteiger partial charge in [-0.3, -0.25) is 0 Å². The molecule has 0 bridgehead atoms. The maximum absolute atomic E-state index is 11.1. The highest BCUT2D eigenvalue weighted by Crippen LogP contribution is 2.21. The van der Waals surface area contributed by atoms with Crippen LogP contribution in [0.5, 0.6) is 5.75 Å². The Kier molecular flexibility index (Phi) is 3.23. The van der Waals surface area contributed by atoms with E-state index in [-0.39, 0.29) is 6.04 Å². The highest BCUT2D eigenvalue weighted by atomic mass is 16.5. The molecule has 1 aliphatic heterocycles. The normalized spacial score (nSPS) is 21.1. The Hall–Kier alpha value is -1.06. The fourth-order valence-electron chi connectivity index (χ4n) is 1.87. The van der Waals surface area contributed by atoms with Gasteiger partial charge in [-0.15, -0.1) is 0 Å². The van der Waals surface area contributed by atoms with Crippen LogP contribution in [0.4, 0.5) is 0 Å². The first-order chi connectivity index (χ1) is 7.29. The van der Waals surface area contributed by atoms with Crippen molar-refractivity contribution in [2.45, 2.75) is 25.3 Å². The largest absolute Gasteiger partial charge is 0.785 e. The number of benzene rings is 1. The topological polar surface area (TPSA) is 35.5 Å². The lowest BCUT2D eigenvalue weighted by Crippen LogP contribution is -2.43. The van der Waals surface area contributed by atoms with Gasteiger partial charge in [0.2, 0.25) is 0 Å². The zero-order chi connectivity index (χ0) is 10.7. The number of rotatable bonds is 4. The summed E-state index contributed by atoms with van der Waals surface area (Å²) in [5.74, 6) is 0.889. The number of nitrogens with zero attached hydrogens (tertiary/aromatic N) is 1. The molecule has 0 amide bonds. The molecule has 1 aromatic rings. The Morgan fingerprint density at radius 1 is 1.53 bits per heavy atom. The molecule has 3 heteroatoms. The molecule has 0 aromatic heterocycles. The van der Waals surface area contributed by atoms with E-state index in [1.54, 1.807) is 7.11 Å². The van der Waals surface area contributed by atoms with Gasteiger partial charge < -0.3 is 15.0 Å². The molecule has 1 atom stereocenters. The van der Waals surface area contributed by atoms with Crippen LogP contribution >= 0.6 is 0 Å². The van der Waals surface area contributed by atoms with E-state index in [1.165, 1.54) is 10.6 Å². The second-order valence-corrected chi connectivity index (χ2v) is 3.97. The Bertz CT molecular complexity index is 327. The maximum Gasteiger partial charge on any atom is 0.119 e. The van der Waals surface area contributed by atoms with Crippen molar-refractivity contribution in [2.24, 2.45) is 0 Å². The summed E-state index contributed by atoms with van der Waals surface area (Å²) >= 11 is 0. The van der Waals surface area contributed by atoms with Gasteiger partial charge in [0.1, 0.15) is 5.75 Å². The van der Waals surface area contributed by atoms with Crippen molar-refractivity contribution in [3.8, 4) is 5.75 Å². The smallest absolute Gasteiger partial charge is 0.119 e. The van der Waals surface area contributed by atoms with Gasteiger partial charge in [-0.05, 0) is 49.5 Å². The Morgan fingerprint density at radius 3 is 3.00 bits per heavy atom. The lowest BCUT2D eigenvalue weighted by atomic mass is 9.98. The highest BCUT2D eigenvalue weighted by molar-refractivity contribution is 5.28. The number of hydrogen-bond acceptors (Lipinski definition) is 3. The van der Waals surface area contributed by atoms with Crippen LogP contribution in [0.25, 0.3) is 0 Å². The summed E-state index contributed by atoms with van der Waals surface area (Å²) in [4.78, 5) is 0. The maximum atomic E-state index is 11.1. The molecule has 1 unspecified atom stereocenters. The van der Waals surface area contributed by atoms with Crippen LogP contribution < -0.4 is 4.74 Å². The molecule has 1 aliphatic rings. The minimum absolute atomic E-state index is 0.246. The first-order valence-electron chi connectivity index (χ1n) is 5.36. The number of methoxy groups -OCH3 is 1. The fourth-order valence-corrected chi connectivity index (χ4v) is 1.87. The van der Waals surface area contributed by atoms with Crippen molar-refractivity contribution in [3.63, 3.8) is 0 Å². The summed E-state index contributed by atoms with van der Waals surface area (Å²) in [5, 5.41) is 12.2. The van der Waals surface area contributed by atoms with Gasteiger partial charge in [0.25, 0.3) is 0 Å². The predicted molar refractivity (Wildman–Crippen MR) is 59.8 cm³/mol. The molecule has 82 valence electrons. The van der Waals surface area contributed by atoms with Gasteiger partial charge in [0, 0.05) is 0 Å². The molecule has 0 spiro atoms. The van der Waals surface area contributed by atoms with Gasteiger partial charge in [-0.2, -0.15) is 0 Å². The first kappa shape index (κ1) is 10.5. The molecule has 1 fully saturated rings. The van der Waals surface area contributed by atoms with Crippen LogP contribution in [0, 0.1) is 5.21 Å². The molecule has 3 nitrogen and oxygen atoms in total. The second-order valence-electron chi connectivity index (χ2n) is 3.97. The molecule has 0 N–H and O–H groups in total. The molecule has 1 aromatic carbocycles. The average molecular weight is 206 g/mol. The summed E-state index contributed by atoms with van der Waals surface area (Å²) in [6.07, 6.45) is 2.96. The van der Waals surface area contributed by atoms with E-state index in [2.05, 4.69) is 6.07 Å². The highest BCUT2D eigenvalue weighted by Gasteiger charge is 2.18. The van der Waals surface area contributed by atoms with Crippen molar-refractivity contribution in [1.82, 2.24) is 5.06 Å². The van der Waals surface area contributed by atoms with Crippen LogP contribution in [0.1, 0.15) is 18.4 Å². The fraction of sp³-hybridized carbons (Fsp3) is 0.500. The van der Waals surface area contributed by atoms with E-state index in [0.717, 1.165) is 25.0 Å². The number of hydrogen-bond donors (Lipinski definition) is 0. The van der Waals surface area contributed by atoms with Crippen LogP contribution in [0.15, 0.2) is 24.3 Å². The lowest BCUT2D eigenvalue weighted by Gasteiger charge is -2.46. The first-order valence-corrected chi connectivity index (χ1v) is 5.36. The Morgan fingerprint density at radius 2 is 2.40 bits per heavy atom. The second kappa shape index (κ2) is 4.64. The molecular weight excluding hydrogens is 190 g/mol. The summed E-state index contributed by atoms with van der Waals surface area (Å²) in [6.45, 7) is 0.711. The third-order valence-corrected chi connectivity index (χ3v) is 2.99. The number of aryl methyl sites for hydroxylation is 1. The minimum Gasteiger partial charge on any atom is -0.785 e. The molecule has 1 saturated heterocycles. The van der Waals surface area contributed by atoms with Crippen molar-refractivity contribution < 1.29 is 4.74 Å². The monoisotopic (exact) mass is 206 g/mol. The van der Waals surface area contributed by atoms with Gasteiger partial charge in [0.05, 0.1) is 7.11 Å². The molecule has 0 radical (unpaired) electrons. The van der Waals surface area contributed by atoms with Gasteiger partial charge >= 0.3 is 0 Å². The average Bonchev–Trinajstić information content (AvgIpc) is 2.27. The standard InChI is InChI=1S/C12H16NO2/c1-15-12-4-2-3-10(9-12)5-6-11-7-8-13(11)14/h2-4,9,11H,5-8H2,1H3/q-1. The summed E-state index contributed by atoms with van der Waals surface area (Å²) in [7, 11) is 1.67. The van der Waals surface area contributed by atoms with E-state index < -0.39 is 0 Å². The summed E-state index contributed by atoms with van der Waals surface area (Å²) in [6, 6.07) is 8.29. The summed E-state index contributed by atoms with van der Waals surface area (Å²) < 4.78 is 5.15. The van der Waals surface area contributed by atoms with Gasteiger partial charge in [-0.1, -0.05) is 12.1 Å². The van der Waals surface area contributed by atoms with Crippen LogP contribution in [-0.2, 0) is 6.42 Å². The van der Waals surface area contributed by atoms with Crippen molar-refractivity contribution >= 4 is 0 Å². The van der Waals surface area contributed by atoms with Crippen LogP contribution in [-0.4, -0.2) is 24.8 Å². The van der Waals surface area contributed by atoms with E-state index >= 15 is 0 Å². The molecule has 0 aliphatic carbocycles. The number of hydroxylamine groups is 2. The zero-order valence-corrected chi connectivity index (χ0v) is 8.98. The summed E-state index contributed by atoms with van der Waals surface area (Å²) in [5.41, 5.74) is 1.25. The third kappa shape index (κ3) is 2.49. The lowest BCUT2D eigenvalue weighted by molar-refractivity contribution is 0.146. The molecule has 1 heterocycles. The molecule has 0 saturated carbocycles. The predicted octanol–water partition coefficient (Wildman–Crippen LogP) is 2.20. The SMILES string of the molecule is COc1cccc(CCC2CCN2[O-])c1. The Balaban J connectivity index is 1.87. The molecule has 2 rings (SSSR count). The van der Waals surface area contributed by atoms with Gasteiger partial charge in [-0.25, -0.2) is 0 Å². The molecule has 15 heavy (non-hydrogen) atoms. The third-order valence-electron chi connectivity index (χ3n) is 2.99. The van der Waals surface area contributed by atoms with E-state index in [1.807, 2.05) is 18.2 Å². The quantitative estimate of drug-likeness (QED) is 0.757. The van der Waals surface area contributed by atoms with Gasteiger partial charge in [0.15, 0.2) is 0 Å².